The second-order valence-electron chi connectivity index (χ2n) is 10.1. The number of carbonyl (C=O) groups is 4. The van der Waals surface area contributed by atoms with Crippen LogP contribution in [0.4, 0.5) is 16.4 Å². The van der Waals surface area contributed by atoms with Crippen LogP contribution in [-0.4, -0.2) is 36.1 Å². The fourth-order valence-corrected chi connectivity index (χ4v) is 5.70. The highest BCUT2D eigenvalue weighted by molar-refractivity contribution is 8.00. The Morgan fingerprint density at radius 3 is 2.26 bits per heavy atom. The summed E-state index contributed by atoms with van der Waals surface area (Å²) in [6.45, 7) is 9.39. The summed E-state index contributed by atoms with van der Waals surface area (Å²) in [7, 11) is 1.25. The lowest BCUT2D eigenvalue weighted by molar-refractivity contribution is -0.118. The number of carbonyl (C=O) groups excluding carboxylic acids is 4. The number of esters is 1. The third-order valence-corrected chi connectivity index (χ3v) is 7.80. The number of benzene rings is 2. The van der Waals surface area contributed by atoms with Crippen LogP contribution < -0.4 is 16.0 Å². The maximum Gasteiger partial charge on any atom is 0.341 e. The van der Waals surface area contributed by atoms with Crippen LogP contribution in [-0.2, 0) is 14.3 Å². The van der Waals surface area contributed by atoms with Crippen LogP contribution in [0.15, 0.2) is 59.5 Å². The molecule has 0 radical (unpaired) electrons. The molecule has 0 aliphatic rings. The van der Waals surface area contributed by atoms with Crippen LogP contribution in [0.25, 0.3) is 0 Å². The zero-order valence-electron chi connectivity index (χ0n) is 22.8. The van der Waals surface area contributed by atoms with Crippen molar-refractivity contribution < 1.29 is 23.9 Å². The van der Waals surface area contributed by atoms with Gasteiger partial charge in [-0.05, 0) is 55.2 Å². The third kappa shape index (κ3) is 8.43. The van der Waals surface area contributed by atoms with Crippen molar-refractivity contribution in [1.82, 2.24) is 0 Å². The molecule has 0 bridgehead atoms. The summed E-state index contributed by atoms with van der Waals surface area (Å²) in [5, 5.41) is 8.23. The molecular weight excluding hydrogens is 534 g/mol. The molecule has 2 aromatic carbocycles. The van der Waals surface area contributed by atoms with Gasteiger partial charge in [0.2, 0.25) is 11.8 Å². The molecule has 206 valence electrons. The molecule has 3 N–H and O–H groups in total. The summed E-state index contributed by atoms with van der Waals surface area (Å²) in [4.78, 5) is 52.1. The predicted octanol–water partition coefficient (Wildman–Crippen LogP) is 6.59. The number of rotatable bonds is 9. The molecule has 39 heavy (non-hydrogen) atoms. The highest BCUT2D eigenvalue weighted by Gasteiger charge is 2.27. The first-order valence-electron chi connectivity index (χ1n) is 12.3. The van der Waals surface area contributed by atoms with Crippen molar-refractivity contribution in [3.8, 4) is 0 Å². The first-order chi connectivity index (χ1) is 18.4. The van der Waals surface area contributed by atoms with Crippen LogP contribution in [0, 0.1) is 12.3 Å². The van der Waals surface area contributed by atoms with Crippen molar-refractivity contribution in [3.63, 3.8) is 0 Å². The summed E-state index contributed by atoms with van der Waals surface area (Å²) in [5.74, 6) is -1.45. The molecule has 0 fully saturated rings. The quantitative estimate of drug-likeness (QED) is 0.199. The standard InChI is InChI=1S/C29H33N3O5S2/c1-17-23(28(36)37-6)27(39-24(17)26(35)31-19-11-8-7-9-12-19)32-25(34)18(2)38-21-14-10-13-20(15-21)30-22(33)16-29(3,4)5/h7-15,18H,16H2,1-6H3,(H,30,33)(H,31,35)(H,32,34). The Morgan fingerprint density at radius 2 is 1.62 bits per heavy atom. The molecule has 0 aliphatic carbocycles. The van der Waals surface area contributed by atoms with E-state index in [1.165, 1.54) is 18.9 Å². The fourth-order valence-electron chi connectivity index (χ4n) is 3.68. The van der Waals surface area contributed by atoms with E-state index in [-0.39, 0.29) is 33.7 Å². The van der Waals surface area contributed by atoms with Gasteiger partial charge >= 0.3 is 5.97 Å². The highest BCUT2D eigenvalue weighted by atomic mass is 32.2. The van der Waals surface area contributed by atoms with Crippen LogP contribution >= 0.6 is 23.1 Å². The van der Waals surface area contributed by atoms with Crippen LogP contribution in [0.3, 0.4) is 0 Å². The molecule has 1 unspecified atom stereocenters. The van der Waals surface area contributed by atoms with Crippen molar-refractivity contribution >= 4 is 63.2 Å². The first-order valence-corrected chi connectivity index (χ1v) is 14.0. The summed E-state index contributed by atoms with van der Waals surface area (Å²) in [6.07, 6.45) is 0.386. The Hall–Kier alpha value is -3.63. The van der Waals surface area contributed by atoms with E-state index in [9.17, 15) is 19.2 Å². The van der Waals surface area contributed by atoms with Gasteiger partial charge in [-0.15, -0.1) is 23.1 Å². The van der Waals surface area contributed by atoms with E-state index >= 15 is 0 Å². The zero-order valence-corrected chi connectivity index (χ0v) is 24.5. The average molecular weight is 568 g/mol. The predicted molar refractivity (Wildman–Crippen MR) is 158 cm³/mol. The van der Waals surface area contributed by atoms with Crippen LogP contribution in [0.2, 0.25) is 0 Å². The van der Waals surface area contributed by atoms with E-state index in [2.05, 4.69) is 16.0 Å². The van der Waals surface area contributed by atoms with Gasteiger partial charge in [0.05, 0.1) is 22.8 Å². The molecule has 3 aromatic rings. The SMILES string of the molecule is COC(=O)c1c(NC(=O)C(C)Sc2cccc(NC(=O)CC(C)(C)C)c2)sc(C(=O)Nc2ccccc2)c1C. The number of thiophene rings is 1. The van der Waals surface area contributed by atoms with Gasteiger partial charge in [-0.3, -0.25) is 14.4 Å². The van der Waals surface area contributed by atoms with Crippen LogP contribution in [0.1, 0.15) is 59.7 Å². The van der Waals surface area contributed by atoms with E-state index in [0.717, 1.165) is 16.2 Å². The second-order valence-corrected chi connectivity index (χ2v) is 12.6. The fraction of sp³-hybridized carbons (Fsp3) is 0.310. The van der Waals surface area contributed by atoms with E-state index in [4.69, 9.17) is 4.74 Å². The van der Waals surface area contributed by atoms with Gasteiger partial charge < -0.3 is 20.7 Å². The normalized spacial score (nSPS) is 11.8. The minimum Gasteiger partial charge on any atom is -0.465 e. The number of methoxy groups -OCH3 is 1. The Morgan fingerprint density at radius 1 is 0.949 bits per heavy atom. The Labute approximate surface area is 236 Å². The van der Waals surface area contributed by atoms with E-state index in [1.807, 2.05) is 45.0 Å². The molecule has 8 nitrogen and oxygen atoms in total. The van der Waals surface area contributed by atoms with Gasteiger partial charge in [0.25, 0.3) is 5.91 Å². The number of nitrogens with one attached hydrogen (secondary N) is 3. The molecule has 0 saturated carbocycles. The van der Waals surface area contributed by atoms with Gasteiger partial charge in [0.1, 0.15) is 5.00 Å². The maximum atomic E-state index is 13.1. The molecule has 3 amide bonds. The van der Waals surface area contributed by atoms with Crippen LogP contribution in [0.5, 0.6) is 0 Å². The Balaban J connectivity index is 1.74. The van der Waals surface area contributed by atoms with Crippen molar-refractivity contribution in [2.45, 2.75) is 51.2 Å². The van der Waals surface area contributed by atoms with Gasteiger partial charge in [-0.2, -0.15) is 0 Å². The van der Waals surface area contributed by atoms with Gasteiger partial charge in [-0.25, -0.2) is 4.79 Å². The molecule has 3 rings (SSSR count). The number of anilines is 3. The number of hydrogen-bond acceptors (Lipinski definition) is 7. The number of amides is 3. The largest absolute Gasteiger partial charge is 0.465 e. The minimum atomic E-state index is -0.642. The van der Waals surface area contributed by atoms with Gasteiger partial charge in [0.15, 0.2) is 0 Å². The Kier molecular flexibility index (Phi) is 9.93. The maximum absolute atomic E-state index is 13.1. The monoisotopic (exact) mass is 567 g/mol. The number of para-hydroxylation sites is 1. The number of thioether (sulfide) groups is 1. The smallest absolute Gasteiger partial charge is 0.341 e. The van der Waals surface area contributed by atoms with Crippen molar-refractivity contribution in [2.24, 2.45) is 5.41 Å². The van der Waals surface area contributed by atoms with E-state index in [0.29, 0.717) is 28.2 Å². The summed E-state index contributed by atoms with van der Waals surface area (Å²) >= 11 is 2.33. The van der Waals surface area contributed by atoms with Gasteiger partial charge in [0, 0.05) is 22.7 Å². The average Bonchev–Trinajstić information content (AvgIpc) is 3.18. The summed E-state index contributed by atoms with van der Waals surface area (Å²) in [5.41, 5.74) is 1.71. The van der Waals surface area contributed by atoms with E-state index in [1.54, 1.807) is 44.2 Å². The lowest BCUT2D eigenvalue weighted by Crippen LogP contribution is -2.23. The molecule has 0 spiro atoms. The molecule has 1 aromatic heterocycles. The summed E-state index contributed by atoms with van der Waals surface area (Å²) in [6, 6.07) is 16.2. The topological polar surface area (TPSA) is 114 Å². The zero-order chi connectivity index (χ0) is 28.7. The minimum absolute atomic E-state index is 0.0778. The molecule has 0 saturated heterocycles. The third-order valence-electron chi connectivity index (χ3n) is 5.50. The van der Waals surface area contributed by atoms with Gasteiger partial charge in [-0.1, -0.05) is 45.0 Å². The molecular formula is C29H33N3O5S2. The lowest BCUT2D eigenvalue weighted by Gasteiger charge is -2.17. The first kappa shape index (κ1) is 29.9. The molecule has 10 heteroatoms. The molecule has 1 atom stereocenters. The van der Waals surface area contributed by atoms with Crippen molar-refractivity contribution in [2.75, 3.05) is 23.1 Å². The highest BCUT2D eigenvalue weighted by Crippen LogP contribution is 2.35. The lowest BCUT2D eigenvalue weighted by atomic mass is 9.92. The summed E-state index contributed by atoms with van der Waals surface area (Å²) < 4.78 is 4.93. The van der Waals surface area contributed by atoms with E-state index < -0.39 is 11.2 Å². The molecule has 0 aliphatic heterocycles. The Bertz CT molecular complexity index is 1360. The van der Waals surface area contributed by atoms with Crippen molar-refractivity contribution in [1.29, 1.82) is 0 Å². The number of ether oxygens (including phenoxy) is 1. The molecule has 1 heterocycles. The van der Waals surface area contributed by atoms with Crippen molar-refractivity contribution in [3.05, 3.63) is 70.6 Å². The number of hydrogen-bond donors (Lipinski definition) is 3. The second kappa shape index (κ2) is 12.9.